The number of aromatic nitrogens is 2. The van der Waals surface area contributed by atoms with Crippen molar-refractivity contribution in [2.75, 3.05) is 18.0 Å². The molecule has 0 radical (unpaired) electrons. The summed E-state index contributed by atoms with van der Waals surface area (Å²) in [5.74, 6) is 1.85. The molecule has 0 spiro atoms. The Morgan fingerprint density at radius 1 is 1.25 bits per heavy atom. The van der Waals surface area contributed by atoms with Gasteiger partial charge in [-0.15, -0.1) is 0 Å². The van der Waals surface area contributed by atoms with E-state index in [4.69, 9.17) is 4.98 Å². The van der Waals surface area contributed by atoms with E-state index >= 15 is 0 Å². The first-order valence-corrected chi connectivity index (χ1v) is 10.0. The maximum absolute atomic E-state index is 13.3. The molecule has 1 aromatic carbocycles. The molecule has 1 saturated heterocycles. The van der Waals surface area contributed by atoms with E-state index in [2.05, 4.69) is 30.7 Å². The van der Waals surface area contributed by atoms with Crippen LogP contribution in [0.4, 0.5) is 10.2 Å². The van der Waals surface area contributed by atoms with E-state index in [0.29, 0.717) is 19.5 Å². The molecule has 2 aromatic rings. The predicted molar refractivity (Wildman–Crippen MR) is 109 cm³/mol. The fourth-order valence-electron chi connectivity index (χ4n) is 3.74. The van der Waals surface area contributed by atoms with Crippen LogP contribution in [0, 0.1) is 18.7 Å². The summed E-state index contributed by atoms with van der Waals surface area (Å²) in [7, 11) is 0. The molecule has 1 unspecified atom stereocenters. The van der Waals surface area contributed by atoms with Crippen LogP contribution in [0.3, 0.4) is 0 Å². The van der Waals surface area contributed by atoms with E-state index in [1.807, 2.05) is 18.0 Å². The highest BCUT2D eigenvalue weighted by molar-refractivity contribution is 5.78. The van der Waals surface area contributed by atoms with Crippen molar-refractivity contribution in [2.24, 2.45) is 5.92 Å². The van der Waals surface area contributed by atoms with Gasteiger partial charge in [0.15, 0.2) is 0 Å². The Kier molecular flexibility index (Phi) is 6.27. The Bertz CT molecular complexity index is 822. The van der Waals surface area contributed by atoms with Gasteiger partial charge < -0.3 is 9.80 Å². The minimum absolute atomic E-state index is 0.0556. The first-order chi connectivity index (χ1) is 13.4. The van der Waals surface area contributed by atoms with Crippen LogP contribution < -0.4 is 4.90 Å². The maximum atomic E-state index is 13.3. The van der Waals surface area contributed by atoms with Gasteiger partial charge in [0.2, 0.25) is 5.91 Å². The van der Waals surface area contributed by atoms with Gasteiger partial charge in [0.05, 0.1) is 6.04 Å². The lowest BCUT2D eigenvalue weighted by Crippen LogP contribution is -2.46. The first-order valence-electron chi connectivity index (χ1n) is 10.0. The highest BCUT2D eigenvalue weighted by Crippen LogP contribution is 2.26. The van der Waals surface area contributed by atoms with Crippen molar-refractivity contribution >= 4 is 11.7 Å². The Balaban J connectivity index is 1.89. The smallest absolute Gasteiger partial charge is 0.224 e. The number of amides is 1. The molecule has 3 rings (SSSR count). The molecule has 1 amide bonds. The molecular weight excluding hydrogens is 355 g/mol. The van der Waals surface area contributed by atoms with Crippen molar-refractivity contribution in [1.29, 1.82) is 0 Å². The lowest BCUT2D eigenvalue weighted by atomic mass is 10.0. The van der Waals surface area contributed by atoms with Crippen LogP contribution in [0.1, 0.15) is 44.1 Å². The zero-order valence-corrected chi connectivity index (χ0v) is 17.2. The average molecular weight is 384 g/mol. The third-order valence-electron chi connectivity index (χ3n) is 5.40. The monoisotopic (exact) mass is 384 g/mol. The van der Waals surface area contributed by atoms with Crippen LogP contribution in [0.15, 0.2) is 30.5 Å². The zero-order chi connectivity index (χ0) is 20.3. The van der Waals surface area contributed by atoms with Gasteiger partial charge in [-0.2, -0.15) is 0 Å². The molecule has 0 bridgehead atoms. The molecule has 1 fully saturated rings. The Hall–Kier alpha value is -2.50. The molecule has 150 valence electrons. The lowest BCUT2D eigenvalue weighted by molar-refractivity contribution is -0.134. The fourth-order valence-corrected chi connectivity index (χ4v) is 3.74. The summed E-state index contributed by atoms with van der Waals surface area (Å²) in [6, 6.07) is 6.47. The summed E-state index contributed by atoms with van der Waals surface area (Å²) in [6.07, 6.45) is 3.19. The van der Waals surface area contributed by atoms with E-state index in [9.17, 15) is 9.18 Å². The lowest BCUT2D eigenvalue weighted by Gasteiger charge is -2.35. The number of nitrogens with zero attached hydrogens (tertiary/aromatic N) is 4. The summed E-state index contributed by atoms with van der Waals surface area (Å²) >= 11 is 0. The molecule has 0 aliphatic carbocycles. The molecule has 1 aliphatic rings. The Morgan fingerprint density at radius 3 is 2.61 bits per heavy atom. The molecule has 0 saturated carbocycles. The van der Waals surface area contributed by atoms with Crippen LogP contribution in [0.2, 0.25) is 0 Å². The topological polar surface area (TPSA) is 49.3 Å². The van der Waals surface area contributed by atoms with Crippen molar-refractivity contribution in [2.45, 2.75) is 53.1 Å². The summed E-state index contributed by atoms with van der Waals surface area (Å²) in [6.45, 7) is 10.2. The Morgan fingerprint density at radius 2 is 1.96 bits per heavy atom. The third kappa shape index (κ3) is 4.49. The minimum Gasteiger partial charge on any atom is -0.354 e. The van der Waals surface area contributed by atoms with Crippen LogP contribution in [0.25, 0.3) is 0 Å². The molecule has 1 atom stereocenters. The van der Waals surface area contributed by atoms with Gasteiger partial charge >= 0.3 is 0 Å². The van der Waals surface area contributed by atoms with Gasteiger partial charge in [0, 0.05) is 37.8 Å². The number of carbonyl (C=O) groups excluding carboxylic acids is 1. The molecule has 5 nitrogen and oxygen atoms in total. The minimum atomic E-state index is -0.260. The number of hydrogen-bond donors (Lipinski definition) is 0. The van der Waals surface area contributed by atoms with Gasteiger partial charge in [0.1, 0.15) is 17.5 Å². The standard InChI is InChI=1S/C22H29FN4O/c1-5-18-12-24-16(4)25-22(18)26-11-10-21(28)27(20(14-26)15(2)3)13-17-6-8-19(23)9-7-17/h6-9,12,15,20H,5,10-11,13-14H2,1-4H3. The highest BCUT2D eigenvalue weighted by Gasteiger charge is 2.32. The average Bonchev–Trinajstić information content (AvgIpc) is 2.83. The quantitative estimate of drug-likeness (QED) is 0.788. The molecular formula is C22H29FN4O. The summed E-state index contributed by atoms with van der Waals surface area (Å²) in [5, 5.41) is 0. The first kappa shape index (κ1) is 20.2. The van der Waals surface area contributed by atoms with E-state index in [1.54, 1.807) is 12.1 Å². The van der Waals surface area contributed by atoms with Gasteiger partial charge in [-0.25, -0.2) is 14.4 Å². The van der Waals surface area contributed by atoms with Crippen LogP contribution in [-0.2, 0) is 17.8 Å². The van der Waals surface area contributed by atoms with Crippen LogP contribution in [-0.4, -0.2) is 39.9 Å². The predicted octanol–water partition coefficient (Wildman–Crippen LogP) is 3.75. The number of carbonyl (C=O) groups is 1. The maximum Gasteiger partial charge on any atom is 0.224 e. The van der Waals surface area contributed by atoms with Gasteiger partial charge in [-0.3, -0.25) is 4.79 Å². The van der Waals surface area contributed by atoms with E-state index in [0.717, 1.165) is 35.7 Å². The SMILES string of the molecule is CCc1cnc(C)nc1N1CCC(=O)N(Cc2ccc(F)cc2)C(C(C)C)C1. The molecule has 2 heterocycles. The summed E-state index contributed by atoms with van der Waals surface area (Å²) in [4.78, 5) is 26.2. The molecule has 1 aromatic heterocycles. The van der Waals surface area contributed by atoms with Crippen molar-refractivity contribution < 1.29 is 9.18 Å². The highest BCUT2D eigenvalue weighted by atomic mass is 19.1. The normalized spacial score (nSPS) is 17.9. The molecule has 6 heteroatoms. The summed E-state index contributed by atoms with van der Waals surface area (Å²) < 4.78 is 13.3. The number of hydrogen-bond acceptors (Lipinski definition) is 4. The summed E-state index contributed by atoms with van der Waals surface area (Å²) in [5.41, 5.74) is 2.05. The largest absolute Gasteiger partial charge is 0.354 e. The second-order valence-corrected chi connectivity index (χ2v) is 7.78. The zero-order valence-electron chi connectivity index (χ0n) is 17.2. The number of benzene rings is 1. The van der Waals surface area contributed by atoms with E-state index in [1.165, 1.54) is 12.1 Å². The van der Waals surface area contributed by atoms with E-state index < -0.39 is 0 Å². The van der Waals surface area contributed by atoms with Gasteiger partial charge in [0.25, 0.3) is 0 Å². The molecule has 28 heavy (non-hydrogen) atoms. The molecule has 1 aliphatic heterocycles. The fraction of sp³-hybridized carbons (Fsp3) is 0.500. The number of aryl methyl sites for hydroxylation is 2. The Labute approximate surface area is 166 Å². The van der Waals surface area contributed by atoms with Gasteiger partial charge in [-0.05, 0) is 37.0 Å². The van der Waals surface area contributed by atoms with Crippen molar-refractivity contribution in [3.8, 4) is 0 Å². The van der Waals surface area contributed by atoms with Crippen molar-refractivity contribution in [1.82, 2.24) is 14.9 Å². The molecule has 0 N–H and O–H groups in total. The van der Waals surface area contributed by atoms with Crippen LogP contribution in [0.5, 0.6) is 0 Å². The second-order valence-electron chi connectivity index (χ2n) is 7.78. The second kappa shape index (κ2) is 8.67. The van der Waals surface area contributed by atoms with Crippen molar-refractivity contribution in [3.63, 3.8) is 0 Å². The number of rotatable bonds is 5. The van der Waals surface area contributed by atoms with Gasteiger partial charge in [-0.1, -0.05) is 32.9 Å². The third-order valence-corrected chi connectivity index (χ3v) is 5.40. The van der Waals surface area contributed by atoms with Crippen LogP contribution >= 0.6 is 0 Å². The number of anilines is 1. The number of halogens is 1. The van der Waals surface area contributed by atoms with Crippen molar-refractivity contribution in [3.05, 3.63) is 53.2 Å². The van der Waals surface area contributed by atoms with E-state index in [-0.39, 0.29) is 23.7 Å².